The minimum atomic E-state index is 0.0500. The molecule has 3 aromatic carbocycles. The fourth-order valence-electron chi connectivity index (χ4n) is 2.35. The average molecular weight is 293 g/mol. The molecule has 0 heterocycles. The molecular weight excluding hydrogens is 278 g/mol. The summed E-state index contributed by atoms with van der Waals surface area (Å²) in [7, 11) is 0. The van der Waals surface area contributed by atoms with E-state index in [1.807, 2.05) is 0 Å². The minimum Gasteiger partial charge on any atom is -0.506 e. The second-order valence-corrected chi connectivity index (χ2v) is 4.80. The Hall–Kier alpha value is -3.14. The first kappa shape index (κ1) is 13.8. The van der Waals surface area contributed by atoms with Gasteiger partial charge in [-0.1, -0.05) is 36.4 Å². The van der Waals surface area contributed by atoms with Crippen LogP contribution in [0.3, 0.4) is 0 Å². The molecule has 4 heteroatoms. The van der Waals surface area contributed by atoms with E-state index in [2.05, 4.69) is 0 Å². The largest absolute Gasteiger partial charge is 0.506 e. The second kappa shape index (κ2) is 5.69. The normalized spacial score (nSPS) is 10.4. The van der Waals surface area contributed by atoms with Crippen LogP contribution in [0.2, 0.25) is 0 Å². The van der Waals surface area contributed by atoms with Gasteiger partial charge in [-0.2, -0.15) is 0 Å². The van der Waals surface area contributed by atoms with Gasteiger partial charge in [-0.05, 0) is 36.4 Å². The Kier molecular flexibility index (Phi) is 3.58. The number of rotatable bonds is 3. The Morgan fingerprint density at radius 3 is 1.00 bits per heavy atom. The predicted molar refractivity (Wildman–Crippen MR) is 86.1 cm³/mol. The lowest BCUT2D eigenvalue weighted by Crippen LogP contribution is -2.10. The van der Waals surface area contributed by atoms with Crippen molar-refractivity contribution in [3.05, 3.63) is 72.8 Å². The number of hydrogen-bond acceptors (Lipinski definition) is 4. The highest BCUT2D eigenvalue weighted by atomic mass is 16.3. The number of phenols is 3. The summed E-state index contributed by atoms with van der Waals surface area (Å²) in [5.74, 6) is 0.150. The van der Waals surface area contributed by atoms with E-state index < -0.39 is 0 Å². The summed E-state index contributed by atoms with van der Waals surface area (Å²) in [5, 5.41) is 30.5. The lowest BCUT2D eigenvalue weighted by atomic mass is 10.1. The Balaban J connectivity index is 2.27. The number of nitrogens with zero attached hydrogens (tertiary/aromatic N) is 1. The summed E-state index contributed by atoms with van der Waals surface area (Å²) in [6, 6.07) is 20.3. The topological polar surface area (TPSA) is 63.9 Å². The van der Waals surface area contributed by atoms with Crippen LogP contribution in [0.5, 0.6) is 17.2 Å². The second-order valence-electron chi connectivity index (χ2n) is 4.80. The van der Waals surface area contributed by atoms with Crippen molar-refractivity contribution in [2.45, 2.75) is 0 Å². The fraction of sp³-hybridized carbons (Fsp3) is 0. The van der Waals surface area contributed by atoms with Crippen molar-refractivity contribution in [1.82, 2.24) is 0 Å². The first-order valence-corrected chi connectivity index (χ1v) is 6.82. The van der Waals surface area contributed by atoms with Gasteiger partial charge in [-0.15, -0.1) is 0 Å². The molecule has 0 bridgehead atoms. The van der Waals surface area contributed by atoms with Gasteiger partial charge >= 0.3 is 0 Å². The molecule has 3 aromatic rings. The number of phenolic OH excluding ortho intramolecular Hbond substituents is 3. The summed E-state index contributed by atoms with van der Waals surface area (Å²) in [6.07, 6.45) is 0. The van der Waals surface area contributed by atoms with Crippen molar-refractivity contribution in [1.29, 1.82) is 0 Å². The molecule has 0 unspecified atom stereocenters. The highest BCUT2D eigenvalue weighted by molar-refractivity contribution is 5.84. The average Bonchev–Trinajstić information content (AvgIpc) is 2.53. The fourth-order valence-corrected chi connectivity index (χ4v) is 2.35. The van der Waals surface area contributed by atoms with Crippen LogP contribution in [-0.2, 0) is 0 Å². The zero-order valence-electron chi connectivity index (χ0n) is 11.7. The molecule has 0 fully saturated rings. The summed E-state index contributed by atoms with van der Waals surface area (Å²) >= 11 is 0. The van der Waals surface area contributed by atoms with Crippen LogP contribution in [0, 0.1) is 0 Å². The zero-order valence-corrected chi connectivity index (χ0v) is 11.7. The van der Waals surface area contributed by atoms with Crippen LogP contribution < -0.4 is 4.90 Å². The first-order chi connectivity index (χ1) is 10.7. The molecule has 0 aliphatic rings. The van der Waals surface area contributed by atoms with Gasteiger partial charge in [0, 0.05) is 0 Å². The molecule has 0 saturated heterocycles. The van der Waals surface area contributed by atoms with Crippen LogP contribution in [0.4, 0.5) is 17.1 Å². The van der Waals surface area contributed by atoms with E-state index >= 15 is 0 Å². The molecule has 0 aliphatic heterocycles. The lowest BCUT2D eigenvalue weighted by molar-refractivity contribution is 0.469. The third-order valence-electron chi connectivity index (χ3n) is 3.37. The van der Waals surface area contributed by atoms with E-state index in [0.717, 1.165) is 0 Å². The molecule has 110 valence electrons. The minimum absolute atomic E-state index is 0.0500. The summed E-state index contributed by atoms with van der Waals surface area (Å²) < 4.78 is 0. The van der Waals surface area contributed by atoms with Crippen LogP contribution >= 0.6 is 0 Å². The standard InChI is InChI=1S/C18H15NO3/c20-16-10-4-1-7-13(16)19(14-8-2-5-11-17(14)21)15-9-3-6-12-18(15)22/h1-12,20-22H. The highest BCUT2D eigenvalue weighted by Crippen LogP contribution is 2.45. The molecule has 0 saturated carbocycles. The third-order valence-corrected chi connectivity index (χ3v) is 3.37. The summed E-state index contributed by atoms with van der Waals surface area (Å²) in [5.41, 5.74) is 1.39. The summed E-state index contributed by atoms with van der Waals surface area (Å²) in [6.45, 7) is 0. The van der Waals surface area contributed by atoms with Crippen LogP contribution in [0.25, 0.3) is 0 Å². The van der Waals surface area contributed by atoms with E-state index in [4.69, 9.17) is 0 Å². The van der Waals surface area contributed by atoms with Crippen LogP contribution in [-0.4, -0.2) is 15.3 Å². The molecule has 4 nitrogen and oxygen atoms in total. The van der Waals surface area contributed by atoms with Crippen molar-refractivity contribution in [3.8, 4) is 17.2 Å². The van der Waals surface area contributed by atoms with Gasteiger partial charge in [0.2, 0.25) is 0 Å². The lowest BCUT2D eigenvalue weighted by Gasteiger charge is -2.27. The Labute approximate surface area is 128 Å². The monoisotopic (exact) mass is 293 g/mol. The maximum atomic E-state index is 10.2. The number of anilines is 3. The van der Waals surface area contributed by atoms with Gasteiger partial charge in [0.05, 0.1) is 17.1 Å². The third kappa shape index (κ3) is 2.42. The van der Waals surface area contributed by atoms with Crippen LogP contribution in [0.15, 0.2) is 72.8 Å². The smallest absolute Gasteiger partial charge is 0.139 e. The molecular formula is C18H15NO3. The van der Waals surface area contributed by atoms with Gasteiger partial charge in [0.25, 0.3) is 0 Å². The maximum absolute atomic E-state index is 10.2. The molecule has 0 radical (unpaired) electrons. The molecule has 0 atom stereocenters. The predicted octanol–water partition coefficient (Wildman–Crippen LogP) is 4.27. The molecule has 3 N–H and O–H groups in total. The van der Waals surface area contributed by atoms with Gasteiger partial charge in [0.15, 0.2) is 0 Å². The quantitative estimate of drug-likeness (QED) is 0.674. The Bertz CT molecular complexity index is 693. The number of hydrogen-bond donors (Lipinski definition) is 3. The van der Waals surface area contributed by atoms with Gasteiger partial charge < -0.3 is 15.3 Å². The molecule has 0 aliphatic carbocycles. The number of aromatic hydroxyl groups is 3. The van der Waals surface area contributed by atoms with E-state index in [-0.39, 0.29) is 17.2 Å². The molecule has 22 heavy (non-hydrogen) atoms. The SMILES string of the molecule is Oc1ccccc1N(c1ccccc1O)c1ccccc1O. The zero-order chi connectivity index (χ0) is 15.5. The molecule has 0 aromatic heterocycles. The number of benzene rings is 3. The highest BCUT2D eigenvalue weighted by Gasteiger charge is 2.20. The van der Waals surface area contributed by atoms with Gasteiger partial charge in [-0.3, -0.25) is 4.90 Å². The van der Waals surface area contributed by atoms with Gasteiger partial charge in [0.1, 0.15) is 17.2 Å². The van der Waals surface area contributed by atoms with E-state index in [1.165, 1.54) is 0 Å². The van der Waals surface area contributed by atoms with E-state index in [0.29, 0.717) is 17.1 Å². The first-order valence-electron chi connectivity index (χ1n) is 6.82. The Morgan fingerprint density at radius 1 is 0.455 bits per heavy atom. The van der Waals surface area contributed by atoms with Crippen molar-refractivity contribution < 1.29 is 15.3 Å². The van der Waals surface area contributed by atoms with Crippen molar-refractivity contribution in [3.63, 3.8) is 0 Å². The van der Waals surface area contributed by atoms with Crippen molar-refractivity contribution in [2.75, 3.05) is 4.90 Å². The molecule has 3 rings (SSSR count). The van der Waals surface area contributed by atoms with E-state index in [9.17, 15) is 15.3 Å². The van der Waals surface area contributed by atoms with Crippen LogP contribution in [0.1, 0.15) is 0 Å². The van der Waals surface area contributed by atoms with Gasteiger partial charge in [-0.25, -0.2) is 0 Å². The molecule has 0 amide bonds. The Morgan fingerprint density at radius 2 is 0.727 bits per heavy atom. The molecule has 0 spiro atoms. The summed E-state index contributed by atoms with van der Waals surface area (Å²) in [4.78, 5) is 1.61. The number of para-hydroxylation sites is 6. The van der Waals surface area contributed by atoms with E-state index in [1.54, 1.807) is 77.7 Å². The van der Waals surface area contributed by atoms with Crippen molar-refractivity contribution >= 4 is 17.1 Å². The van der Waals surface area contributed by atoms with Crippen molar-refractivity contribution in [2.24, 2.45) is 0 Å². The maximum Gasteiger partial charge on any atom is 0.139 e.